The first-order chi connectivity index (χ1) is 15.2. The summed E-state index contributed by atoms with van der Waals surface area (Å²) in [5, 5.41) is 11.8. The maximum Gasteiger partial charge on any atom is 0.342 e. The van der Waals surface area contributed by atoms with Gasteiger partial charge in [0.15, 0.2) is 18.3 Å². The fraction of sp³-hybridized carbons (Fsp3) is 0.280. The van der Waals surface area contributed by atoms with Crippen LogP contribution in [0.2, 0.25) is 0 Å². The molecule has 1 N–H and O–H groups in total. The number of carbonyl (C=O) groups is 1. The molecule has 7 nitrogen and oxygen atoms in total. The van der Waals surface area contributed by atoms with Gasteiger partial charge in [0.05, 0.1) is 5.69 Å². The van der Waals surface area contributed by atoms with Crippen molar-refractivity contribution < 1.29 is 9.53 Å². The van der Waals surface area contributed by atoms with Gasteiger partial charge in [-0.1, -0.05) is 51.1 Å². The number of ether oxygens (including phenoxy) is 1. The van der Waals surface area contributed by atoms with E-state index in [-0.39, 0.29) is 12.0 Å². The third-order valence-electron chi connectivity index (χ3n) is 5.28. The minimum absolute atomic E-state index is 0.00476. The summed E-state index contributed by atoms with van der Waals surface area (Å²) < 4.78 is 7.28. The monoisotopic (exact) mass is 429 g/mol. The second kappa shape index (κ2) is 8.42. The Hall–Kier alpha value is -3.74. The number of para-hydroxylation sites is 1. The summed E-state index contributed by atoms with van der Waals surface area (Å²) in [7, 11) is 0. The van der Waals surface area contributed by atoms with Gasteiger partial charge in [-0.15, -0.1) is 0 Å². The van der Waals surface area contributed by atoms with Crippen LogP contribution >= 0.6 is 0 Å². The fourth-order valence-corrected chi connectivity index (χ4v) is 3.25. The lowest BCUT2D eigenvalue weighted by Crippen LogP contribution is -2.13. The fourth-order valence-electron chi connectivity index (χ4n) is 3.25. The van der Waals surface area contributed by atoms with Crippen LogP contribution in [0.15, 0.2) is 54.7 Å². The number of rotatable bonds is 5. The van der Waals surface area contributed by atoms with Crippen molar-refractivity contribution in [1.82, 2.24) is 25.0 Å². The first-order valence-electron chi connectivity index (χ1n) is 10.5. The zero-order chi connectivity index (χ0) is 22.9. The van der Waals surface area contributed by atoms with Crippen LogP contribution in [0.1, 0.15) is 53.9 Å². The molecule has 0 saturated carbocycles. The minimum atomic E-state index is -0.464. The Labute approximate surface area is 187 Å². The zero-order valence-corrected chi connectivity index (χ0v) is 19.0. The molecule has 0 amide bonds. The van der Waals surface area contributed by atoms with E-state index in [2.05, 4.69) is 22.1 Å². The van der Waals surface area contributed by atoms with E-state index >= 15 is 0 Å². The number of hydrogen-bond acceptors (Lipinski definition) is 5. The third-order valence-corrected chi connectivity index (χ3v) is 5.28. The lowest BCUT2D eigenvalue weighted by molar-refractivity contribution is 0.0463. The molecule has 7 heteroatoms. The Bertz CT molecular complexity index is 1250. The van der Waals surface area contributed by atoms with Gasteiger partial charge in [-0.3, -0.25) is 5.10 Å². The van der Waals surface area contributed by atoms with Gasteiger partial charge in [0.2, 0.25) is 0 Å². The second-order valence-electron chi connectivity index (χ2n) is 8.90. The Kier molecular flexibility index (Phi) is 5.65. The number of hydrogen-bond donors (Lipinski definition) is 1. The number of nitrogens with zero attached hydrogens (tertiary/aromatic N) is 4. The van der Waals surface area contributed by atoms with Crippen LogP contribution in [0.4, 0.5) is 0 Å². The predicted molar refractivity (Wildman–Crippen MR) is 123 cm³/mol. The van der Waals surface area contributed by atoms with Crippen LogP contribution in [0.3, 0.4) is 0 Å². The van der Waals surface area contributed by atoms with Crippen LogP contribution in [0.25, 0.3) is 16.9 Å². The summed E-state index contributed by atoms with van der Waals surface area (Å²) in [6.45, 7) is 10.2. The van der Waals surface area contributed by atoms with Gasteiger partial charge in [-0.2, -0.15) is 10.2 Å². The summed E-state index contributed by atoms with van der Waals surface area (Å²) in [6, 6.07) is 15.7. The molecule has 4 rings (SSSR count). The molecule has 0 fully saturated rings. The number of nitrogens with one attached hydrogen (secondary N) is 1. The normalized spacial score (nSPS) is 11.5. The molecule has 2 heterocycles. The zero-order valence-electron chi connectivity index (χ0n) is 19.0. The molecule has 0 atom stereocenters. The van der Waals surface area contributed by atoms with Crippen LogP contribution in [-0.4, -0.2) is 30.9 Å². The summed E-state index contributed by atoms with van der Waals surface area (Å²) >= 11 is 0. The average Bonchev–Trinajstić information content (AvgIpc) is 3.42. The Balaban J connectivity index is 1.65. The molecule has 0 aliphatic carbocycles. The highest BCUT2D eigenvalue weighted by Crippen LogP contribution is 2.27. The van der Waals surface area contributed by atoms with Crippen LogP contribution in [0.5, 0.6) is 0 Å². The average molecular weight is 430 g/mol. The van der Waals surface area contributed by atoms with Crippen molar-refractivity contribution in [2.45, 2.75) is 46.6 Å². The Morgan fingerprint density at radius 2 is 1.81 bits per heavy atom. The van der Waals surface area contributed by atoms with E-state index in [9.17, 15) is 4.79 Å². The predicted octanol–water partition coefficient (Wildman–Crippen LogP) is 4.93. The number of H-pyrrole nitrogens is 1. The quantitative estimate of drug-likeness (QED) is 0.455. The van der Waals surface area contributed by atoms with Crippen LogP contribution in [0, 0.1) is 13.8 Å². The topological polar surface area (TPSA) is 85.7 Å². The SMILES string of the molecule is Cc1ccc(-c2nn(-c3ccccc3)cc2C(=O)OCc2nc(C(C)(C)C)n[nH]2)cc1C. The van der Waals surface area contributed by atoms with E-state index in [0.717, 1.165) is 16.8 Å². The van der Waals surface area contributed by atoms with Crippen molar-refractivity contribution in [2.24, 2.45) is 0 Å². The molecule has 2 aromatic carbocycles. The van der Waals surface area contributed by atoms with Crippen LogP contribution < -0.4 is 0 Å². The molecule has 2 aromatic heterocycles. The molecule has 164 valence electrons. The molecule has 0 spiro atoms. The van der Waals surface area contributed by atoms with Gasteiger partial charge in [0, 0.05) is 17.2 Å². The lowest BCUT2D eigenvalue weighted by atomic mass is 9.96. The van der Waals surface area contributed by atoms with E-state index in [0.29, 0.717) is 22.9 Å². The molecule has 32 heavy (non-hydrogen) atoms. The van der Waals surface area contributed by atoms with Crippen molar-refractivity contribution in [3.05, 3.63) is 83.1 Å². The molecule has 0 radical (unpaired) electrons. The third kappa shape index (κ3) is 4.46. The molecule has 0 bridgehead atoms. The highest BCUT2D eigenvalue weighted by Gasteiger charge is 2.22. The van der Waals surface area contributed by atoms with Gasteiger partial charge in [-0.05, 0) is 43.2 Å². The number of aromatic amines is 1. The van der Waals surface area contributed by atoms with Gasteiger partial charge in [-0.25, -0.2) is 14.5 Å². The first-order valence-corrected chi connectivity index (χ1v) is 10.5. The first kappa shape index (κ1) is 21.5. The molecule has 0 aliphatic rings. The summed E-state index contributed by atoms with van der Waals surface area (Å²) in [4.78, 5) is 17.5. The maximum atomic E-state index is 13.1. The minimum Gasteiger partial charge on any atom is -0.454 e. The molecular weight excluding hydrogens is 402 g/mol. The Morgan fingerprint density at radius 1 is 1.06 bits per heavy atom. The van der Waals surface area contributed by atoms with Crippen molar-refractivity contribution in [2.75, 3.05) is 0 Å². The highest BCUT2D eigenvalue weighted by molar-refractivity contribution is 5.96. The number of benzene rings is 2. The van der Waals surface area contributed by atoms with E-state index in [1.54, 1.807) is 10.9 Å². The molecular formula is C25H27N5O2. The van der Waals surface area contributed by atoms with Crippen molar-refractivity contribution >= 4 is 5.97 Å². The maximum absolute atomic E-state index is 13.1. The van der Waals surface area contributed by atoms with Gasteiger partial charge < -0.3 is 4.74 Å². The largest absolute Gasteiger partial charge is 0.454 e. The standard InChI is InChI=1S/C25H27N5O2/c1-16-11-12-18(13-17(16)2)22-20(14-30(29-22)19-9-7-6-8-10-19)23(31)32-15-21-26-24(28-27-21)25(3,4)5/h6-14H,15H2,1-5H3,(H,26,27,28). The number of carbonyl (C=O) groups excluding carboxylic acids is 1. The molecule has 0 aliphatic heterocycles. The molecule has 4 aromatic rings. The van der Waals surface area contributed by atoms with Crippen molar-refractivity contribution in [1.29, 1.82) is 0 Å². The van der Waals surface area contributed by atoms with E-state index in [4.69, 9.17) is 9.84 Å². The van der Waals surface area contributed by atoms with Gasteiger partial charge in [0.25, 0.3) is 0 Å². The van der Waals surface area contributed by atoms with Crippen molar-refractivity contribution in [3.63, 3.8) is 0 Å². The van der Waals surface area contributed by atoms with Crippen LogP contribution in [-0.2, 0) is 16.8 Å². The smallest absolute Gasteiger partial charge is 0.342 e. The lowest BCUT2D eigenvalue weighted by Gasteiger charge is -2.11. The number of aromatic nitrogens is 5. The Morgan fingerprint density at radius 3 is 2.47 bits per heavy atom. The van der Waals surface area contributed by atoms with Gasteiger partial charge in [0.1, 0.15) is 11.3 Å². The second-order valence-corrected chi connectivity index (χ2v) is 8.90. The number of esters is 1. The van der Waals surface area contributed by atoms with E-state index in [1.807, 2.05) is 76.2 Å². The highest BCUT2D eigenvalue weighted by atomic mass is 16.5. The van der Waals surface area contributed by atoms with Crippen molar-refractivity contribution in [3.8, 4) is 16.9 Å². The number of aryl methyl sites for hydroxylation is 2. The summed E-state index contributed by atoms with van der Waals surface area (Å²) in [5.41, 5.74) is 4.83. The van der Waals surface area contributed by atoms with E-state index in [1.165, 1.54) is 5.56 Å². The van der Waals surface area contributed by atoms with E-state index < -0.39 is 5.97 Å². The summed E-state index contributed by atoms with van der Waals surface area (Å²) in [5.74, 6) is 0.719. The summed E-state index contributed by atoms with van der Waals surface area (Å²) in [6.07, 6.45) is 1.71. The van der Waals surface area contributed by atoms with Gasteiger partial charge >= 0.3 is 5.97 Å². The molecule has 0 unspecified atom stereocenters. The molecule has 0 saturated heterocycles.